The van der Waals surface area contributed by atoms with Crippen LogP contribution in [-0.4, -0.2) is 60.9 Å². The lowest BCUT2D eigenvalue weighted by molar-refractivity contribution is -0.137. The van der Waals surface area contributed by atoms with Gasteiger partial charge in [0.15, 0.2) is 0 Å². The summed E-state index contributed by atoms with van der Waals surface area (Å²) in [6.07, 6.45) is 1.11. The van der Waals surface area contributed by atoms with E-state index in [4.69, 9.17) is 0 Å². The molecule has 0 saturated carbocycles. The Morgan fingerprint density at radius 3 is 2.55 bits per heavy atom. The Morgan fingerprint density at radius 2 is 1.87 bits per heavy atom. The fourth-order valence-corrected chi connectivity index (χ4v) is 4.84. The van der Waals surface area contributed by atoms with Crippen molar-refractivity contribution in [2.45, 2.75) is 12.3 Å². The molecule has 1 aromatic carbocycles. The first-order valence-corrected chi connectivity index (χ1v) is 10.2. The molecule has 0 bridgehead atoms. The van der Waals surface area contributed by atoms with Gasteiger partial charge in [-0.3, -0.25) is 15.1 Å². The second-order valence-corrected chi connectivity index (χ2v) is 8.26. The van der Waals surface area contributed by atoms with E-state index in [1.54, 1.807) is 15.9 Å². The van der Waals surface area contributed by atoms with Gasteiger partial charge < -0.3 is 15.1 Å². The van der Waals surface area contributed by atoms with Crippen LogP contribution in [0.5, 0.6) is 0 Å². The van der Waals surface area contributed by atoms with Crippen LogP contribution >= 0.6 is 0 Å². The average Bonchev–Trinajstić information content (AvgIpc) is 3.45. The van der Waals surface area contributed by atoms with Gasteiger partial charge >= 0.3 is 6.18 Å². The number of carbonyl (C=O) groups excluding carboxylic acids is 1. The molecule has 31 heavy (non-hydrogen) atoms. The predicted molar refractivity (Wildman–Crippen MR) is 110 cm³/mol. The third kappa shape index (κ3) is 3.39. The van der Waals surface area contributed by atoms with Crippen LogP contribution in [0.3, 0.4) is 0 Å². The third-order valence-corrected chi connectivity index (χ3v) is 6.39. The molecule has 4 heterocycles. The van der Waals surface area contributed by atoms with E-state index < -0.39 is 11.7 Å². The summed E-state index contributed by atoms with van der Waals surface area (Å²) in [6.45, 7) is 2.05. The summed E-state index contributed by atoms with van der Waals surface area (Å²) in [5.41, 5.74) is 3.44. The highest BCUT2D eigenvalue weighted by atomic mass is 19.4. The van der Waals surface area contributed by atoms with E-state index in [0.29, 0.717) is 32.0 Å². The molecule has 0 radical (unpaired) electrons. The molecule has 0 aromatic heterocycles. The number of alkyl halides is 3. The van der Waals surface area contributed by atoms with E-state index in [9.17, 15) is 18.0 Å². The van der Waals surface area contributed by atoms with Crippen molar-refractivity contribution in [3.05, 3.63) is 53.9 Å². The average molecular weight is 432 g/mol. The number of nitrogens with zero attached hydrogens (tertiary/aromatic N) is 4. The zero-order valence-corrected chi connectivity index (χ0v) is 16.9. The summed E-state index contributed by atoms with van der Waals surface area (Å²) in [6, 6.07) is 5.70. The maximum atomic E-state index is 13.4. The molecular weight excluding hydrogens is 409 g/mol. The third-order valence-electron chi connectivity index (χ3n) is 6.39. The fourth-order valence-electron chi connectivity index (χ4n) is 4.84. The van der Waals surface area contributed by atoms with Gasteiger partial charge in [-0.15, -0.1) is 0 Å². The van der Waals surface area contributed by atoms with Gasteiger partial charge in [-0.25, -0.2) is 0 Å². The van der Waals surface area contributed by atoms with Crippen LogP contribution in [0.1, 0.15) is 5.56 Å². The number of carbonyl (C=O) groups is 1. The molecule has 2 saturated heterocycles. The smallest absolute Gasteiger partial charge is 0.387 e. The van der Waals surface area contributed by atoms with Crippen LogP contribution in [0, 0.1) is 11.8 Å². The number of halogens is 3. The molecule has 0 aliphatic carbocycles. The van der Waals surface area contributed by atoms with Crippen molar-refractivity contribution < 1.29 is 18.0 Å². The van der Waals surface area contributed by atoms with Crippen molar-refractivity contribution >= 4 is 17.4 Å². The van der Waals surface area contributed by atoms with Gasteiger partial charge in [0.25, 0.3) is 5.91 Å². The Balaban J connectivity index is 1.27. The minimum absolute atomic E-state index is 0.140. The number of hydrogen-bond donors (Lipinski definition) is 2. The highest BCUT2D eigenvalue weighted by molar-refractivity contribution is 6.38. The molecule has 3 atom stereocenters. The number of anilines is 1. The van der Waals surface area contributed by atoms with Gasteiger partial charge in [-0.1, -0.05) is 12.1 Å². The molecule has 0 spiro atoms. The van der Waals surface area contributed by atoms with Gasteiger partial charge in [0.05, 0.1) is 11.3 Å². The Kier molecular flexibility index (Phi) is 4.60. The first kappa shape index (κ1) is 19.8. The Labute approximate surface area is 177 Å². The Morgan fingerprint density at radius 1 is 1.16 bits per heavy atom. The quantitative estimate of drug-likeness (QED) is 0.763. The minimum atomic E-state index is -4.39. The van der Waals surface area contributed by atoms with Crippen molar-refractivity contribution in [2.24, 2.45) is 16.9 Å². The molecule has 1 aromatic rings. The lowest BCUT2D eigenvalue weighted by atomic mass is 10.0. The van der Waals surface area contributed by atoms with Crippen LogP contribution in [-0.2, 0) is 11.0 Å². The van der Waals surface area contributed by atoms with Crippen molar-refractivity contribution in [2.75, 3.05) is 38.1 Å². The summed E-state index contributed by atoms with van der Waals surface area (Å²) in [5, 5.41) is 7.28. The molecule has 5 rings (SSSR count). The van der Waals surface area contributed by atoms with Crippen molar-refractivity contribution in [1.29, 1.82) is 0 Å². The Hall–Kier alpha value is -3.17. The van der Waals surface area contributed by atoms with Gasteiger partial charge in [0.1, 0.15) is 6.17 Å². The van der Waals surface area contributed by atoms with E-state index in [2.05, 4.69) is 15.8 Å². The number of hydrazone groups is 1. The van der Waals surface area contributed by atoms with Gasteiger partial charge in [0.2, 0.25) is 5.84 Å². The second-order valence-electron chi connectivity index (χ2n) is 8.26. The molecule has 1 unspecified atom stereocenters. The van der Waals surface area contributed by atoms with Crippen LogP contribution < -0.4 is 15.6 Å². The number of likely N-dealkylation sites (tertiary alicyclic amines) is 1. The maximum Gasteiger partial charge on any atom is 0.418 e. The topological polar surface area (TPSA) is 63.2 Å². The molecule has 4 aliphatic rings. The normalized spacial score (nSPS) is 27.0. The maximum absolute atomic E-state index is 13.4. The summed E-state index contributed by atoms with van der Waals surface area (Å²) >= 11 is 0. The van der Waals surface area contributed by atoms with E-state index in [-0.39, 0.29) is 29.6 Å². The number of fused-ring (bicyclic) bond motifs is 2. The number of nitrogens with one attached hydrogen (secondary N) is 2. The van der Waals surface area contributed by atoms with Gasteiger partial charge in [0, 0.05) is 56.9 Å². The van der Waals surface area contributed by atoms with E-state index >= 15 is 0 Å². The number of benzene rings is 1. The first-order valence-electron chi connectivity index (χ1n) is 10.2. The minimum Gasteiger partial charge on any atom is -0.387 e. The molecule has 1 amide bonds. The SMILES string of the molecule is CNC1=CN2C(C(=O)N3C[C@@H]4CN(c5ccccc5C(F)(F)F)C[C@@H]4C3)=NNC2C=C1. The first-order chi connectivity index (χ1) is 14.8. The molecular formula is C21H23F3N6O. The van der Waals surface area contributed by atoms with Crippen LogP contribution in [0.15, 0.2) is 53.4 Å². The highest BCUT2D eigenvalue weighted by Gasteiger charge is 2.45. The van der Waals surface area contributed by atoms with Crippen LogP contribution in [0.4, 0.5) is 18.9 Å². The Bertz CT molecular complexity index is 974. The number of hydrogen-bond acceptors (Lipinski definition) is 6. The number of likely N-dealkylation sites (N-methyl/N-ethyl adjacent to an activating group) is 1. The fraction of sp³-hybridized carbons (Fsp3) is 0.429. The van der Waals surface area contributed by atoms with Crippen LogP contribution in [0.2, 0.25) is 0 Å². The molecule has 2 N–H and O–H groups in total. The monoisotopic (exact) mass is 432 g/mol. The van der Waals surface area contributed by atoms with E-state index in [0.717, 1.165) is 11.8 Å². The van der Waals surface area contributed by atoms with Crippen molar-refractivity contribution in [3.63, 3.8) is 0 Å². The lowest BCUT2D eigenvalue weighted by Crippen LogP contribution is -2.45. The number of amides is 1. The zero-order valence-electron chi connectivity index (χ0n) is 16.9. The summed E-state index contributed by atoms with van der Waals surface area (Å²) in [5.74, 6) is 0.455. The number of amidine groups is 1. The summed E-state index contributed by atoms with van der Waals surface area (Å²) < 4.78 is 40.2. The molecule has 10 heteroatoms. The van der Waals surface area contributed by atoms with Gasteiger partial charge in [-0.05, 0) is 24.3 Å². The zero-order chi connectivity index (χ0) is 21.8. The molecule has 2 fully saturated rings. The van der Waals surface area contributed by atoms with Crippen molar-refractivity contribution in [3.8, 4) is 0 Å². The van der Waals surface area contributed by atoms with Crippen molar-refractivity contribution in [1.82, 2.24) is 20.5 Å². The number of para-hydroxylation sites is 1. The van der Waals surface area contributed by atoms with Gasteiger partial charge in [-0.2, -0.15) is 18.3 Å². The molecule has 7 nitrogen and oxygen atoms in total. The second kappa shape index (κ2) is 7.21. The van der Waals surface area contributed by atoms with Crippen LogP contribution in [0.25, 0.3) is 0 Å². The summed E-state index contributed by atoms with van der Waals surface area (Å²) in [4.78, 5) is 18.5. The standard InChI is InChI=1S/C21H23F3N6O/c1-25-15-6-7-18-26-27-19(30(18)12-15)20(31)29-10-13-8-28(9-14(13)11-29)17-5-3-2-4-16(17)21(22,23)24/h2-7,12-14,18,25-26H,8-11H2,1H3/t13-,14+,18?. The highest BCUT2D eigenvalue weighted by Crippen LogP contribution is 2.40. The lowest BCUT2D eigenvalue weighted by Gasteiger charge is -2.28. The predicted octanol–water partition coefficient (Wildman–Crippen LogP) is 1.78. The molecule has 164 valence electrons. The molecule has 4 aliphatic heterocycles. The number of allylic oxidation sites excluding steroid dienone is 1. The number of rotatable bonds is 3. The van der Waals surface area contributed by atoms with E-state index in [1.807, 2.05) is 30.3 Å². The van der Waals surface area contributed by atoms with E-state index in [1.165, 1.54) is 12.1 Å². The largest absolute Gasteiger partial charge is 0.418 e. The summed E-state index contributed by atoms with van der Waals surface area (Å²) in [7, 11) is 1.81.